The molecule has 0 saturated carbocycles. The molecular formula is C14H11BrClNO4. The van der Waals surface area contributed by atoms with Gasteiger partial charge in [0.05, 0.1) is 21.5 Å². The van der Waals surface area contributed by atoms with Gasteiger partial charge in [0.15, 0.2) is 0 Å². The molecule has 0 spiro atoms. The Hall–Kier alpha value is -1.79. The highest BCUT2D eigenvalue weighted by atomic mass is 79.9. The van der Waals surface area contributed by atoms with Crippen LogP contribution in [0.3, 0.4) is 0 Å². The molecule has 0 bridgehead atoms. The fourth-order valence-electron chi connectivity index (χ4n) is 1.65. The second-order valence-corrected chi connectivity index (χ2v) is 5.38. The van der Waals surface area contributed by atoms with E-state index in [1.54, 1.807) is 31.4 Å². The lowest BCUT2D eigenvalue weighted by Crippen LogP contribution is -1.98. The van der Waals surface area contributed by atoms with Gasteiger partial charge in [-0.25, -0.2) is 0 Å². The molecule has 0 fully saturated rings. The normalized spacial score (nSPS) is 10.2. The molecule has 0 aliphatic rings. The van der Waals surface area contributed by atoms with Gasteiger partial charge in [-0.1, -0.05) is 11.6 Å². The van der Waals surface area contributed by atoms with Gasteiger partial charge in [0.2, 0.25) is 0 Å². The van der Waals surface area contributed by atoms with Gasteiger partial charge in [-0.3, -0.25) is 10.1 Å². The van der Waals surface area contributed by atoms with Gasteiger partial charge < -0.3 is 9.47 Å². The van der Waals surface area contributed by atoms with E-state index in [4.69, 9.17) is 21.1 Å². The standard InChI is InChI=1S/C14H11BrClNO4/c1-20-11-4-5-14(12(15)7-11)21-8-9-2-3-10(17(18)19)6-13(9)16/h2-7H,8H2,1H3. The fraction of sp³-hybridized carbons (Fsp3) is 0.143. The molecule has 0 atom stereocenters. The van der Waals surface area contributed by atoms with E-state index in [2.05, 4.69) is 15.9 Å². The summed E-state index contributed by atoms with van der Waals surface area (Å²) in [7, 11) is 1.58. The first kappa shape index (κ1) is 15.6. The molecule has 7 heteroatoms. The third-order valence-corrected chi connectivity index (χ3v) is 3.74. The Morgan fingerprint density at radius 3 is 2.62 bits per heavy atom. The van der Waals surface area contributed by atoms with Crippen LogP contribution in [0.15, 0.2) is 40.9 Å². The van der Waals surface area contributed by atoms with Crippen molar-refractivity contribution in [3.63, 3.8) is 0 Å². The van der Waals surface area contributed by atoms with Crippen LogP contribution < -0.4 is 9.47 Å². The Labute approximate surface area is 134 Å². The van der Waals surface area contributed by atoms with Crippen LogP contribution >= 0.6 is 27.5 Å². The minimum absolute atomic E-state index is 0.0469. The van der Waals surface area contributed by atoms with Crippen molar-refractivity contribution in [2.24, 2.45) is 0 Å². The third-order valence-electron chi connectivity index (χ3n) is 2.77. The maximum Gasteiger partial charge on any atom is 0.270 e. The number of methoxy groups -OCH3 is 1. The van der Waals surface area contributed by atoms with Crippen molar-refractivity contribution in [2.45, 2.75) is 6.61 Å². The second kappa shape index (κ2) is 6.78. The average molecular weight is 373 g/mol. The van der Waals surface area contributed by atoms with Gasteiger partial charge in [-0.2, -0.15) is 0 Å². The maximum absolute atomic E-state index is 10.6. The number of nitro benzene ring substituents is 1. The Kier molecular flexibility index (Phi) is 5.03. The van der Waals surface area contributed by atoms with E-state index in [9.17, 15) is 10.1 Å². The molecule has 2 aromatic carbocycles. The quantitative estimate of drug-likeness (QED) is 0.568. The molecule has 0 radical (unpaired) electrons. The number of rotatable bonds is 5. The molecule has 0 N–H and O–H groups in total. The molecule has 2 aromatic rings. The number of hydrogen-bond donors (Lipinski definition) is 0. The highest BCUT2D eigenvalue weighted by Crippen LogP contribution is 2.30. The van der Waals surface area contributed by atoms with Crippen molar-refractivity contribution in [1.82, 2.24) is 0 Å². The van der Waals surface area contributed by atoms with Crippen LogP contribution in [-0.2, 0) is 6.61 Å². The molecule has 0 saturated heterocycles. The van der Waals surface area contributed by atoms with Crippen LogP contribution in [-0.4, -0.2) is 12.0 Å². The first-order valence-corrected chi connectivity index (χ1v) is 7.07. The summed E-state index contributed by atoms with van der Waals surface area (Å²) in [6.45, 7) is 0.210. The van der Waals surface area contributed by atoms with E-state index in [1.807, 2.05) is 0 Å². The smallest absolute Gasteiger partial charge is 0.270 e. The van der Waals surface area contributed by atoms with E-state index >= 15 is 0 Å². The van der Waals surface area contributed by atoms with Gasteiger partial charge in [-0.15, -0.1) is 0 Å². The second-order valence-electron chi connectivity index (χ2n) is 4.12. The molecule has 0 aromatic heterocycles. The molecule has 110 valence electrons. The SMILES string of the molecule is COc1ccc(OCc2ccc([N+](=O)[O-])cc2Cl)c(Br)c1. The Morgan fingerprint density at radius 2 is 2.05 bits per heavy atom. The number of non-ortho nitro benzene ring substituents is 1. The predicted molar refractivity (Wildman–Crippen MR) is 83.1 cm³/mol. The van der Waals surface area contributed by atoms with Crippen LogP contribution in [0.5, 0.6) is 11.5 Å². The zero-order chi connectivity index (χ0) is 15.4. The van der Waals surface area contributed by atoms with Crippen molar-refractivity contribution in [3.8, 4) is 11.5 Å². The summed E-state index contributed by atoms with van der Waals surface area (Å²) in [4.78, 5) is 10.2. The maximum atomic E-state index is 10.6. The zero-order valence-electron chi connectivity index (χ0n) is 11.0. The Bertz CT molecular complexity index is 678. The van der Waals surface area contributed by atoms with Gasteiger partial charge in [-0.05, 0) is 40.2 Å². The molecule has 0 heterocycles. The van der Waals surface area contributed by atoms with Crippen molar-refractivity contribution in [3.05, 3.63) is 61.6 Å². The molecular weight excluding hydrogens is 362 g/mol. The third kappa shape index (κ3) is 3.86. The summed E-state index contributed by atoms with van der Waals surface area (Å²) >= 11 is 9.39. The average Bonchev–Trinajstić information content (AvgIpc) is 2.46. The lowest BCUT2D eigenvalue weighted by Gasteiger charge is -2.10. The van der Waals surface area contributed by atoms with Crippen molar-refractivity contribution in [1.29, 1.82) is 0 Å². The topological polar surface area (TPSA) is 61.6 Å². The van der Waals surface area contributed by atoms with Crippen molar-refractivity contribution in [2.75, 3.05) is 7.11 Å². The van der Waals surface area contributed by atoms with Crippen LogP contribution in [0.25, 0.3) is 0 Å². The molecule has 5 nitrogen and oxygen atoms in total. The minimum Gasteiger partial charge on any atom is -0.497 e. The van der Waals surface area contributed by atoms with Crippen LogP contribution in [0.4, 0.5) is 5.69 Å². The van der Waals surface area contributed by atoms with E-state index in [0.717, 1.165) is 4.47 Å². The summed E-state index contributed by atoms with van der Waals surface area (Å²) in [5, 5.41) is 10.9. The Morgan fingerprint density at radius 1 is 1.29 bits per heavy atom. The van der Waals surface area contributed by atoms with E-state index in [1.165, 1.54) is 12.1 Å². The van der Waals surface area contributed by atoms with Gasteiger partial charge in [0, 0.05) is 17.7 Å². The number of nitrogens with zero attached hydrogens (tertiary/aromatic N) is 1. The van der Waals surface area contributed by atoms with Crippen LogP contribution in [0.1, 0.15) is 5.56 Å². The van der Waals surface area contributed by atoms with Crippen molar-refractivity contribution < 1.29 is 14.4 Å². The molecule has 0 aliphatic heterocycles. The number of hydrogen-bond acceptors (Lipinski definition) is 4. The summed E-state index contributed by atoms with van der Waals surface area (Å²) in [5.41, 5.74) is 0.624. The largest absolute Gasteiger partial charge is 0.497 e. The monoisotopic (exact) mass is 371 g/mol. The van der Waals surface area contributed by atoms with Crippen LogP contribution in [0, 0.1) is 10.1 Å². The number of nitro groups is 1. The van der Waals surface area contributed by atoms with E-state index < -0.39 is 4.92 Å². The molecule has 0 unspecified atom stereocenters. The Balaban J connectivity index is 2.11. The zero-order valence-corrected chi connectivity index (χ0v) is 13.3. The van der Waals surface area contributed by atoms with E-state index in [-0.39, 0.29) is 12.3 Å². The van der Waals surface area contributed by atoms with E-state index in [0.29, 0.717) is 22.1 Å². The van der Waals surface area contributed by atoms with Gasteiger partial charge >= 0.3 is 0 Å². The predicted octanol–water partition coefficient (Wildman–Crippen LogP) is 4.60. The highest BCUT2D eigenvalue weighted by molar-refractivity contribution is 9.10. The first-order valence-electron chi connectivity index (χ1n) is 5.90. The molecule has 21 heavy (non-hydrogen) atoms. The lowest BCUT2D eigenvalue weighted by molar-refractivity contribution is -0.384. The number of ether oxygens (including phenoxy) is 2. The highest BCUT2D eigenvalue weighted by Gasteiger charge is 2.10. The fourth-order valence-corrected chi connectivity index (χ4v) is 2.35. The number of benzene rings is 2. The summed E-state index contributed by atoms with van der Waals surface area (Å²) in [6.07, 6.45) is 0. The van der Waals surface area contributed by atoms with Crippen molar-refractivity contribution >= 4 is 33.2 Å². The number of halogens is 2. The molecule has 0 amide bonds. The molecule has 0 aliphatic carbocycles. The lowest BCUT2D eigenvalue weighted by atomic mass is 10.2. The van der Waals surface area contributed by atoms with Gasteiger partial charge in [0.1, 0.15) is 18.1 Å². The summed E-state index contributed by atoms with van der Waals surface area (Å²) in [5.74, 6) is 1.34. The first-order chi connectivity index (χ1) is 10.0. The molecule has 2 rings (SSSR count). The summed E-state index contributed by atoms with van der Waals surface area (Å²) in [6, 6.07) is 9.61. The summed E-state index contributed by atoms with van der Waals surface area (Å²) < 4.78 is 11.5. The minimum atomic E-state index is -0.490. The van der Waals surface area contributed by atoms with Crippen LogP contribution in [0.2, 0.25) is 5.02 Å². The van der Waals surface area contributed by atoms with Gasteiger partial charge in [0.25, 0.3) is 5.69 Å².